The van der Waals surface area contributed by atoms with E-state index in [0.717, 1.165) is 29.1 Å². The molecule has 0 bridgehead atoms. The molecule has 7 heteroatoms. The van der Waals surface area contributed by atoms with E-state index in [2.05, 4.69) is 5.32 Å². The summed E-state index contributed by atoms with van der Waals surface area (Å²) in [5.74, 6) is 0.704. The zero-order valence-electron chi connectivity index (χ0n) is 17.1. The summed E-state index contributed by atoms with van der Waals surface area (Å²) in [5.41, 5.74) is -0.383. The van der Waals surface area contributed by atoms with E-state index in [1.54, 1.807) is 13.1 Å². The number of carbonyl (C=O) groups excluding carboxylic acids is 3. The molecule has 1 aliphatic heterocycles. The lowest BCUT2D eigenvalue weighted by Crippen LogP contribution is -2.45. The van der Waals surface area contributed by atoms with Gasteiger partial charge in [-0.05, 0) is 31.0 Å². The fourth-order valence-corrected chi connectivity index (χ4v) is 3.59. The van der Waals surface area contributed by atoms with E-state index in [1.807, 2.05) is 50.2 Å². The molecule has 1 aromatic heterocycles. The SMILES string of the molecule is CCCCC1(c2ccccc2)NC(=O)N(CC(=O)N(C)Cc2ccc(C)o2)C1=O. The number of unbranched alkanes of at least 4 members (excludes halogenated alkanes) is 1. The van der Waals surface area contributed by atoms with Crippen LogP contribution in [0.2, 0.25) is 0 Å². The summed E-state index contributed by atoms with van der Waals surface area (Å²) in [6.07, 6.45) is 2.16. The Morgan fingerprint density at radius 2 is 1.90 bits per heavy atom. The standard InChI is InChI=1S/C22H27N3O4/c1-4-5-13-22(17-9-7-6-8-10-17)20(27)25(21(28)23-22)15-19(26)24(3)14-18-12-11-16(2)29-18/h6-12H,4-5,13-15H2,1-3H3,(H,23,28). The van der Waals surface area contributed by atoms with Crippen LogP contribution in [0.4, 0.5) is 4.79 Å². The van der Waals surface area contributed by atoms with Gasteiger partial charge in [-0.25, -0.2) is 4.79 Å². The van der Waals surface area contributed by atoms with Crippen LogP contribution in [0, 0.1) is 6.92 Å². The van der Waals surface area contributed by atoms with Gasteiger partial charge in [0.2, 0.25) is 5.91 Å². The number of hydrogen-bond donors (Lipinski definition) is 1. The van der Waals surface area contributed by atoms with E-state index >= 15 is 0 Å². The first-order valence-electron chi connectivity index (χ1n) is 9.86. The number of urea groups is 1. The minimum absolute atomic E-state index is 0.274. The van der Waals surface area contributed by atoms with Gasteiger partial charge in [-0.1, -0.05) is 50.1 Å². The molecule has 0 radical (unpaired) electrons. The minimum atomic E-state index is -1.12. The van der Waals surface area contributed by atoms with Gasteiger partial charge in [0.15, 0.2) is 0 Å². The number of likely N-dealkylation sites (N-methyl/N-ethyl adjacent to an activating group) is 1. The summed E-state index contributed by atoms with van der Waals surface area (Å²) in [4.78, 5) is 41.1. The molecule has 1 aromatic carbocycles. The van der Waals surface area contributed by atoms with Gasteiger partial charge in [-0.3, -0.25) is 14.5 Å². The van der Waals surface area contributed by atoms with Crippen LogP contribution in [0.1, 0.15) is 43.3 Å². The Balaban J connectivity index is 1.77. The van der Waals surface area contributed by atoms with Crippen molar-refractivity contribution >= 4 is 17.8 Å². The molecule has 2 heterocycles. The molecule has 1 fully saturated rings. The number of nitrogens with one attached hydrogen (secondary N) is 1. The maximum absolute atomic E-state index is 13.3. The maximum atomic E-state index is 13.3. The fourth-order valence-electron chi connectivity index (χ4n) is 3.59. The molecule has 3 rings (SSSR count). The second-order valence-electron chi connectivity index (χ2n) is 7.46. The number of carbonyl (C=O) groups is 3. The summed E-state index contributed by atoms with van der Waals surface area (Å²) >= 11 is 0. The molecule has 1 saturated heterocycles. The molecule has 0 saturated carbocycles. The highest BCUT2D eigenvalue weighted by molar-refractivity contribution is 6.09. The number of hydrogen-bond acceptors (Lipinski definition) is 4. The molecule has 0 aliphatic carbocycles. The van der Waals surface area contributed by atoms with Crippen molar-refractivity contribution in [3.63, 3.8) is 0 Å². The van der Waals surface area contributed by atoms with Gasteiger partial charge >= 0.3 is 6.03 Å². The molecule has 7 nitrogen and oxygen atoms in total. The van der Waals surface area contributed by atoms with Crippen molar-refractivity contribution in [2.24, 2.45) is 0 Å². The lowest BCUT2D eigenvalue weighted by Gasteiger charge is -2.27. The molecule has 4 amide bonds. The number of benzene rings is 1. The highest BCUT2D eigenvalue weighted by Gasteiger charge is 2.52. The number of furan rings is 1. The first kappa shape index (κ1) is 20.6. The van der Waals surface area contributed by atoms with Crippen LogP contribution in [-0.2, 0) is 21.7 Å². The van der Waals surface area contributed by atoms with E-state index < -0.39 is 11.6 Å². The number of nitrogens with zero attached hydrogens (tertiary/aromatic N) is 2. The summed E-state index contributed by atoms with van der Waals surface area (Å²) in [5, 5.41) is 2.86. The Kier molecular flexibility index (Phi) is 6.06. The molecular weight excluding hydrogens is 370 g/mol. The summed E-state index contributed by atoms with van der Waals surface area (Å²) in [6.45, 7) is 3.84. The first-order chi connectivity index (χ1) is 13.9. The number of amides is 4. The monoisotopic (exact) mass is 397 g/mol. The van der Waals surface area contributed by atoms with Gasteiger partial charge in [-0.2, -0.15) is 0 Å². The van der Waals surface area contributed by atoms with Gasteiger partial charge in [-0.15, -0.1) is 0 Å². The van der Waals surface area contributed by atoms with Crippen LogP contribution >= 0.6 is 0 Å². The molecule has 1 N–H and O–H groups in total. The third-order valence-electron chi connectivity index (χ3n) is 5.26. The molecule has 2 aromatic rings. The van der Waals surface area contributed by atoms with Crippen LogP contribution in [-0.4, -0.2) is 41.2 Å². The summed E-state index contributed by atoms with van der Waals surface area (Å²) < 4.78 is 5.50. The predicted octanol–water partition coefficient (Wildman–Crippen LogP) is 3.18. The summed E-state index contributed by atoms with van der Waals surface area (Å²) in [6, 6.07) is 12.3. The van der Waals surface area contributed by atoms with Crippen molar-refractivity contribution in [1.82, 2.24) is 15.1 Å². The third-order valence-corrected chi connectivity index (χ3v) is 5.26. The largest absolute Gasteiger partial charge is 0.464 e. The van der Waals surface area contributed by atoms with Crippen LogP contribution < -0.4 is 5.32 Å². The average molecular weight is 397 g/mol. The fraction of sp³-hybridized carbons (Fsp3) is 0.409. The summed E-state index contributed by atoms with van der Waals surface area (Å²) in [7, 11) is 1.63. The Labute approximate surface area is 170 Å². The highest BCUT2D eigenvalue weighted by Crippen LogP contribution is 2.34. The first-order valence-corrected chi connectivity index (χ1v) is 9.86. The zero-order valence-corrected chi connectivity index (χ0v) is 17.1. The molecule has 29 heavy (non-hydrogen) atoms. The second-order valence-corrected chi connectivity index (χ2v) is 7.46. The molecular formula is C22H27N3O4. The molecule has 1 atom stereocenters. The second kappa shape index (κ2) is 8.51. The Morgan fingerprint density at radius 1 is 1.17 bits per heavy atom. The van der Waals surface area contributed by atoms with Crippen molar-refractivity contribution in [3.8, 4) is 0 Å². The van der Waals surface area contributed by atoms with Gasteiger partial charge in [0.25, 0.3) is 5.91 Å². The van der Waals surface area contributed by atoms with E-state index in [9.17, 15) is 14.4 Å². The number of rotatable bonds is 8. The van der Waals surface area contributed by atoms with Crippen LogP contribution in [0.5, 0.6) is 0 Å². The zero-order chi connectivity index (χ0) is 21.0. The quantitative estimate of drug-likeness (QED) is 0.694. The van der Waals surface area contributed by atoms with Crippen molar-refractivity contribution < 1.29 is 18.8 Å². The van der Waals surface area contributed by atoms with Crippen LogP contribution in [0.3, 0.4) is 0 Å². The smallest absolute Gasteiger partial charge is 0.325 e. The van der Waals surface area contributed by atoms with Gasteiger partial charge in [0, 0.05) is 7.05 Å². The van der Waals surface area contributed by atoms with Crippen molar-refractivity contribution in [2.75, 3.05) is 13.6 Å². The molecule has 1 unspecified atom stereocenters. The Bertz CT molecular complexity index is 892. The van der Waals surface area contributed by atoms with E-state index in [1.165, 1.54) is 4.90 Å². The number of aryl methyl sites for hydroxylation is 1. The Hall–Kier alpha value is -3.09. The predicted molar refractivity (Wildman–Crippen MR) is 108 cm³/mol. The van der Waals surface area contributed by atoms with E-state index in [4.69, 9.17) is 4.42 Å². The van der Waals surface area contributed by atoms with Crippen molar-refractivity contribution in [2.45, 2.75) is 45.2 Å². The van der Waals surface area contributed by atoms with Crippen molar-refractivity contribution in [1.29, 1.82) is 0 Å². The average Bonchev–Trinajstić information content (AvgIpc) is 3.23. The van der Waals surface area contributed by atoms with Gasteiger partial charge in [0.1, 0.15) is 23.6 Å². The lowest BCUT2D eigenvalue weighted by molar-refractivity contribution is -0.139. The topological polar surface area (TPSA) is 82.9 Å². The van der Waals surface area contributed by atoms with Gasteiger partial charge in [0.05, 0.1) is 6.54 Å². The normalized spacial score (nSPS) is 18.8. The van der Waals surface area contributed by atoms with Gasteiger partial charge < -0.3 is 14.6 Å². The van der Waals surface area contributed by atoms with E-state index in [0.29, 0.717) is 12.2 Å². The molecule has 154 valence electrons. The van der Waals surface area contributed by atoms with Crippen molar-refractivity contribution in [3.05, 3.63) is 59.5 Å². The third kappa shape index (κ3) is 4.18. The Morgan fingerprint density at radius 3 is 2.52 bits per heavy atom. The number of imide groups is 1. The molecule has 0 spiro atoms. The molecule has 1 aliphatic rings. The van der Waals surface area contributed by atoms with Crippen LogP contribution in [0.25, 0.3) is 0 Å². The van der Waals surface area contributed by atoms with Crippen LogP contribution in [0.15, 0.2) is 46.9 Å². The lowest BCUT2D eigenvalue weighted by atomic mass is 9.85. The highest BCUT2D eigenvalue weighted by atomic mass is 16.3. The van der Waals surface area contributed by atoms with E-state index in [-0.39, 0.29) is 24.9 Å². The maximum Gasteiger partial charge on any atom is 0.325 e. The minimum Gasteiger partial charge on any atom is -0.464 e.